The van der Waals surface area contributed by atoms with E-state index in [0.717, 1.165) is 16.3 Å². The Bertz CT molecular complexity index is 1310. The number of nitrogens with zero attached hydrogens (tertiary/aromatic N) is 2. The Morgan fingerprint density at radius 1 is 1.03 bits per heavy atom. The Labute approximate surface area is 188 Å². The molecule has 0 saturated carbocycles. The summed E-state index contributed by atoms with van der Waals surface area (Å²) in [6.07, 6.45) is 4.84. The highest BCUT2D eigenvalue weighted by molar-refractivity contribution is 6.30. The zero-order valence-electron chi connectivity index (χ0n) is 16.9. The second kappa shape index (κ2) is 9.03. The van der Waals surface area contributed by atoms with Crippen LogP contribution >= 0.6 is 11.6 Å². The Hall–Kier alpha value is -3.97. The van der Waals surface area contributed by atoms with Gasteiger partial charge in [0.25, 0.3) is 5.91 Å². The van der Waals surface area contributed by atoms with Crippen LogP contribution in [0.25, 0.3) is 10.8 Å². The maximum Gasteiger partial charge on any atom is 0.335 e. The molecular weight excluding hydrogens is 430 g/mol. The second-order valence-corrected chi connectivity index (χ2v) is 7.55. The molecule has 160 valence electrons. The molecule has 8 heteroatoms. The third-order valence-corrected chi connectivity index (χ3v) is 5.10. The van der Waals surface area contributed by atoms with Crippen LogP contribution in [0.1, 0.15) is 39.2 Å². The van der Waals surface area contributed by atoms with Crippen LogP contribution in [0.15, 0.2) is 73.2 Å². The Kier molecular flexibility index (Phi) is 6.00. The number of hydrogen-bond acceptors (Lipinski definition) is 5. The Morgan fingerprint density at radius 3 is 2.56 bits per heavy atom. The van der Waals surface area contributed by atoms with E-state index >= 15 is 0 Å². The third kappa shape index (κ3) is 4.68. The van der Waals surface area contributed by atoms with Crippen molar-refractivity contribution in [3.63, 3.8) is 0 Å². The number of aromatic carboxylic acids is 1. The summed E-state index contributed by atoms with van der Waals surface area (Å²) in [7, 11) is 0. The molecule has 2 aromatic heterocycles. The highest BCUT2D eigenvalue weighted by Crippen LogP contribution is 2.28. The first-order valence-corrected chi connectivity index (χ1v) is 10.1. The summed E-state index contributed by atoms with van der Waals surface area (Å²) in [6.45, 7) is 1.79. The van der Waals surface area contributed by atoms with E-state index in [1.807, 2.05) is 18.2 Å². The van der Waals surface area contributed by atoms with Crippen molar-refractivity contribution in [3.05, 3.63) is 94.9 Å². The molecule has 0 fully saturated rings. The van der Waals surface area contributed by atoms with Crippen molar-refractivity contribution in [2.75, 3.05) is 0 Å². The molecule has 2 aromatic carbocycles. The number of carboxylic acid groups (broad SMARTS) is 1. The number of halogens is 1. The van der Waals surface area contributed by atoms with Crippen molar-refractivity contribution < 1.29 is 19.4 Å². The number of hydrogen-bond donors (Lipinski definition) is 2. The van der Waals surface area contributed by atoms with Crippen LogP contribution < -0.4 is 10.1 Å². The van der Waals surface area contributed by atoms with Gasteiger partial charge in [0.05, 0.1) is 16.6 Å². The van der Waals surface area contributed by atoms with Crippen LogP contribution in [0, 0.1) is 0 Å². The highest BCUT2D eigenvalue weighted by atomic mass is 35.5. The summed E-state index contributed by atoms with van der Waals surface area (Å²) in [5, 5.41) is 14.1. The van der Waals surface area contributed by atoms with Gasteiger partial charge in [-0.3, -0.25) is 9.78 Å². The number of carboxylic acids is 1. The molecule has 4 rings (SSSR count). The zero-order chi connectivity index (χ0) is 22.7. The number of rotatable bonds is 6. The fraction of sp³-hybridized carbons (Fsp3) is 0.0833. The minimum atomic E-state index is -1.01. The van der Waals surface area contributed by atoms with Crippen molar-refractivity contribution in [1.29, 1.82) is 0 Å². The molecule has 7 nitrogen and oxygen atoms in total. The van der Waals surface area contributed by atoms with E-state index in [1.165, 1.54) is 24.4 Å². The summed E-state index contributed by atoms with van der Waals surface area (Å²) in [4.78, 5) is 32.3. The highest BCUT2D eigenvalue weighted by Gasteiger charge is 2.19. The number of carbonyl (C=O) groups excluding carboxylic acids is 1. The fourth-order valence-corrected chi connectivity index (χ4v) is 3.34. The second-order valence-electron chi connectivity index (χ2n) is 7.12. The molecule has 0 unspecified atom stereocenters. The van der Waals surface area contributed by atoms with Gasteiger partial charge in [-0.2, -0.15) is 0 Å². The number of amides is 1. The van der Waals surface area contributed by atoms with E-state index in [-0.39, 0.29) is 23.0 Å². The van der Waals surface area contributed by atoms with Crippen molar-refractivity contribution in [1.82, 2.24) is 15.3 Å². The van der Waals surface area contributed by atoms with Gasteiger partial charge >= 0.3 is 5.97 Å². The lowest BCUT2D eigenvalue weighted by molar-refractivity contribution is 0.0696. The van der Waals surface area contributed by atoms with Crippen LogP contribution in [0.2, 0.25) is 5.02 Å². The maximum absolute atomic E-state index is 13.0. The monoisotopic (exact) mass is 447 g/mol. The van der Waals surface area contributed by atoms with Crippen LogP contribution in [0.4, 0.5) is 0 Å². The topological polar surface area (TPSA) is 101 Å². The molecule has 0 aliphatic heterocycles. The molecule has 1 amide bonds. The predicted molar refractivity (Wildman–Crippen MR) is 120 cm³/mol. The summed E-state index contributed by atoms with van der Waals surface area (Å²) in [5.74, 6) is -0.813. The van der Waals surface area contributed by atoms with Crippen LogP contribution in [-0.2, 0) is 0 Å². The first kappa shape index (κ1) is 21.3. The Balaban J connectivity index is 1.56. The van der Waals surface area contributed by atoms with Crippen molar-refractivity contribution in [3.8, 4) is 11.6 Å². The van der Waals surface area contributed by atoms with E-state index in [2.05, 4.69) is 15.3 Å². The summed E-state index contributed by atoms with van der Waals surface area (Å²) >= 11 is 6.08. The lowest BCUT2D eigenvalue weighted by atomic mass is 10.1. The summed E-state index contributed by atoms with van der Waals surface area (Å²) in [6, 6.07) is 14.8. The molecule has 4 aromatic rings. The number of nitrogens with one attached hydrogen (secondary N) is 1. The third-order valence-electron chi connectivity index (χ3n) is 4.89. The molecule has 2 N–H and O–H groups in total. The van der Waals surface area contributed by atoms with Gasteiger partial charge < -0.3 is 15.2 Å². The van der Waals surface area contributed by atoms with Gasteiger partial charge in [0, 0.05) is 24.0 Å². The lowest BCUT2D eigenvalue weighted by Gasteiger charge is -2.16. The first-order valence-electron chi connectivity index (χ1n) is 9.72. The van der Waals surface area contributed by atoms with Gasteiger partial charge in [-0.05, 0) is 54.3 Å². The quantitative estimate of drug-likeness (QED) is 0.417. The van der Waals surface area contributed by atoms with Gasteiger partial charge in [-0.25, -0.2) is 9.78 Å². The normalized spacial score (nSPS) is 11.7. The lowest BCUT2D eigenvalue weighted by Crippen LogP contribution is -2.27. The Morgan fingerprint density at radius 2 is 1.81 bits per heavy atom. The molecule has 0 spiro atoms. The summed E-state index contributed by atoms with van der Waals surface area (Å²) in [5.41, 5.74) is 1.10. The molecular formula is C24H18ClN3O4. The first-order chi connectivity index (χ1) is 15.4. The van der Waals surface area contributed by atoms with Gasteiger partial charge in [0.1, 0.15) is 11.3 Å². The van der Waals surface area contributed by atoms with E-state index in [0.29, 0.717) is 10.8 Å². The van der Waals surface area contributed by atoms with E-state index < -0.39 is 11.9 Å². The standard InChI is InChI=1S/C24H18ClN3O4/c1-14(15-2-4-17(5-3-15)24(30)31)28-22(29)21-11-19(25)13-27-23(21)32-20-7-6-16-8-9-26-12-18(16)10-20/h2-14H,1H3,(H,28,29)(H,30,31)/t14-/m0/s1. The molecule has 0 bridgehead atoms. The molecule has 32 heavy (non-hydrogen) atoms. The number of ether oxygens (including phenoxy) is 1. The minimum absolute atomic E-state index is 0.114. The van der Waals surface area contributed by atoms with E-state index in [4.69, 9.17) is 21.4 Å². The van der Waals surface area contributed by atoms with Gasteiger partial charge in [0.15, 0.2) is 0 Å². The number of carbonyl (C=O) groups is 2. The average molecular weight is 448 g/mol. The van der Waals surface area contributed by atoms with Crippen LogP contribution in [0.3, 0.4) is 0 Å². The molecule has 0 aliphatic carbocycles. The largest absolute Gasteiger partial charge is 0.478 e. The number of benzene rings is 2. The molecule has 0 saturated heterocycles. The van der Waals surface area contributed by atoms with Crippen molar-refractivity contribution in [2.24, 2.45) is 0 Å². The minimum Gasteiger partial charge on any atom is -0.478 e. The number of pyridine rings is 2. The molecule has 2 heterocycles. The molecule has 0 radical (unpaired) electrons. The van der Waals surface area contributed by atoms with E-state index in [1.54, 1.807) is 37.5 Å². The van der Waals surface area contributed by atoms with Gasteiger partial charge in [0.2, 0.25) is 5.88 Å². The van der Waals surface area contributed by atoms with Gasteiger partial charge in [-0.1, -0.05) is 29.8 Å². The van der Waals surface area contributed by atoms with Crippen molar-refractivity contribution >= 4 is 34.2 Å². The van der Waals surface area contributed by atoms with Crippen LogP contribution in [0.5, 0.6) is 11.6 Å². The number of fused-ring (bicyclic) bond motifs is 1. The molecule has 0 aliphatic rings. The van der Waals surface area contributed by atoms with Crippen molar-refractivity contribution in [2.45, 2.75) is 13.0 Å². The fourth-order valence-electron chi connectivity index (χ4n) is 3.18. The van der Waals surface area contributed by atoms with Crippen LogP contribution in [-0.4, -0.2) is 27.0 Å². The maximum atomic E-state index is 13.0. The smallest absolute Gasteiger partial charge is 0.335 e. The zero-order valence-corrected chi connectivity index (χ0v) is 17.7. The van der Waals surface area contributed by atoms with E-state index in [9.17, 15) is 9.59 Å². The molecule has 1 atom stereocenters. The average Bonchev–Trinajstić information content (AvgIpc) is 2.80. The summed E-state index contributed by atoms with van der Waals surface area (Å²) < 4.78 is 5.90. The SMILES string of the molecule is C[C@H](NC(=O)c1cc(Cl)cnc1Oc1ccc2ccncc2c1)c1ccc(C(=O)O)cc1. The van der Waals surface area contributed by atoms with Gasteiger partial charge in [-0.15, -0.1) is 0 Å². The number of aromatic nitrogens is 2. The predicted octanol–water partition coefficient (Wildman–Crippen LogP) is 5.26.